The number of nitrogens with one attached hydrogen (secondary N) is 2. The summed E-state index contributed by atoms with van der Waals surface area (Å²) in [5.74, 6) is -0.757. The fourth-order valence-corrected chi connectivity index (χ4v) is 3.38. The lowest BCUT2D eigenvalue weighted by molar-refractivity contribution is -0.136. The van der Waals surface area contributed by atoms with Crippen molar-refractivity contribution in [3.8, 4) is 0 Å². The van der Waals surface area contributed by atoms with Gasteiger partial charge in [-0.05, 0) is 61.7 Å². The molecule has 3 rings (SSSR count). The van der Waals surface area contributed by atoms with E-state index in [-0.39, 0.29) is 23.7 Å². The summed E-state index contributed by atoms with van der Waals surface area (Å²) >= 11 is 0. The number of carbonyl (C=O) groups is 2. The molecule has 0 saturated carbocycles. The Morgan fingerprint density at radius 2 is 1.72 bits per heavy atom. The van der Waals surface area contributed by atoms with Gasteiger partial charge in [0.2, 0.25) is 5.91 Å². The van der Waals surface area contributed by atoms with Gasteiger partial charge in [-0.1, -0.05) is 12.1 Å². The number of benzene rings is 2. The summed E-state index contributed by atoms with van der Waals surface area (Å²) in [6.45, 7) is 3.29. The van der Waals surface area contributed by atoms with Crippen LogP contribution in [0.5, 0.6) is 0 Å². The third-order valence-corrected chi connectivity index (χ3v) is 5.44. The van der Waals surface area contributed by atoms with Crippen LogP contribution in [0.1, 0.15) is 41.7 Å². The summed E-state index contributed by atoms with van der Waals surface area (Å²) in [5.41, 5.74) is 7.23. The molecule has 29 heavy (non-hydrogen) atoms. The van der Waals surface area contributed by atoms with E-state index in [1.807, 2.05) is 19.1 Å². The van der Waals surface area contributed by atoms with Crippen molar-refractivity contribution in [2.75, 3.05) is 25.1 Å². The zero-order chi connectivity index (χ0) is 20.9. The summed E-state index contributed by atoms with van der Waals surface area (Å²) in [4.78, 5) is 25.0. The van der Waals surface area contributed by atoms with Crippen LogP contribution >= 0.6 is 0 Å². The largest absolute Gasteiger partial charge is 0.381 e. The van der Waals surface area contributed by atoms with Crippen LogP contribution in [0.15, 0.2) is 48.5 Å². The minimum Gasteiger partial charge on any atom is -0.381 e. The number of hydrogen-bond acceptors (Lipinski definition) is 4. The minimum absolute atomic E-state index is 0.0514. The van der Waals surface area contributed by atoms with Crippen molar-refractivity contribution in [2.24, 2.45) is 11.1 Å². The van der Waals surface area contributed by atoms with E-state index in [0.717, 1.165) is 5.56 Å². The summed E-state index contributed by atoms with van der Waals surface area (Å²) in [6, 6.07) is 12.4. The Hall–Kier alpha value is -2.77. The number of anilines is 1. The number of ether oxygens (including phenoxy) is 1. The first-order valence-corrected chi connectivity index (χ1v) is 9.69. The second kappa shape index (κ2) is 9.15. The van der Waals surface area contributed by atoms with Crippen LogP contribution in [0.4, 0.5) is 10.1 Å². The van der Waals surface area contributed by atoms with Gasteiger partial charge in [0, 0.05) is 31.0 Å². The first kappa shape index (κ1) is 21.0. The molecule has 154 valence electrons. The molecule has 2 amide bonds. The highest BCUT2D eigenvalue weighted by molar-refractivity contribution is 6.04. The van der Waals surface area contributed by atoms with Gasteiger partial charge in [0.05, 0.1) is 11.5 Å². The van der Waals surface area contributed by atoms with Crippen molar-refractivity contribution in [3.63, 3.8) is 0 Å². The third-order valence-electron chi connectivity index (χ3n) is 5.44. The van der Waals surface area contributed by atoms with Crippen LogP contribution in [0, 0.1) is 11.2 Å². The molecule has 0 radical (unpaired) electrons. The molecule has 6 nitrogen and oxygen atoms in total. The Morgan fingerprint density at radius 3 is 2.31 bits per heavy atom. The van der Waals surface area contributed by atoms with E-state index < -0.39 is 5.41 Å². The molecule has 4 N–H and O–H groups in total. The molecular weight excluding hydrogens is 373 g/mol. The summed E-state index contributed by atoms with van der Waals surface area (Å²) in [5, 5.41) is 5.82. The number of halogens is 1. The normalized spacial score (nSPS) is 16.7. The van der Waals surface area contributed by atoms with Gasteiger partial charge in [0.1, 0.15) is 5.82 Å². The van der Waals surface area contributed by atoms with Crippen LogP contribution < -0.4 is 16.4 Å². The lowest BCUT2D eigenvalue weighted by Gasteiger charge is -2.35. The molecule has 1 heterocycles. The average Bonchev–Trinajstić information content (AvgIpc) is 2.75. The van der Waals surface area contributed by atoms with Gasteiger partial charge >= 0.3 is 0 Å². The maximum absolute atomic E-state index is 13.0. The SMILES string of the molecule is CC(NC(=O)C1(CN)CCOCC1)c1ccc(NC(=O)c2ccc(F)cc2)cc1. The van der Waals surface area contributed by atoms with Crippen molar-refractivity contribution in [3.05, 3.63) is 65.5 Å². The fraction of sp³-hybridized carbons (Fsp3) is 0.364. The molecule has 1 saturated heterocycles. The zero-order valence-electron chi connectivity index (χ0n) is 16.4. The van der Waals surface area contributed by atoms with Crippen LogP contribution in [-0.4, -0.2) is 31.6 Å². The first-order chi connectivity index (χ1) is 13.9. The van der Waals surface area contributed by atoms with E-state index in [2.05, 4.69) is 10.6 Å². The van der Waals surface area contributed by atoms with Gasteiger partial charge in [-0.3, -0.25) is 9.59 Å². The van der Waals surface area contributed by atoms with Crippen LogP contribution in [0.3, 0.4) is 0 Å². The van der Waals surface area contributed by atoms with E-state index in [9.17, 15) is 14.0 Å². The molecule has 1 fully saturated rings. The lowest BCUT2D eigenvalue weighted by atomic mass is 9.79. The van der Waals surface area contributed by atoms with Gasteiger partial charge in [-0.25, -0.2) is 4.39 Å². The van der Waals surface area contributed by atoms with Gasteiger partial charge in [-0.2, -0.15) is 0 Å². The van der Waals surface area contributed by atoms with E-state index >= 15 is 0 Å². The molecule has 1 atom stereocenters. The topological polar surface area (TPSA) is 93.5 Å². The third kappa shape index (κ3) is 4.99. The summed E-state index contributed by atoms with van der Waals surface area (Å²) in [6.07, 6.45) is 1.24. The Labute approximate surface area is 169 Å². The van der Waals surface area contributed by atoms with E-state index in [1.54, 1.807) is 12.1 Å². The van der Waals surface area contributed by atoms with Crippen LogP contribution in [0.2, 0.25) is 0 Å². The monoisotopic (exact) mass is 399 g/mol. The zero-order valence-corrected chi connectivity index (χ0v) is 16.4. The molecule has 1 unspecified atom stereocenters. The fourth-order valence-electron chi connectivity index (χ4n) is 3.38. The molecule has 0 aromatic heterocycles. The molecule has 2 aromatic carbocycles. The second-order valence-electron chi connectivity index (χ2n) is 7.38. The van der Waals surface area contributed by atoms with Crippen molar-refractivity contribution < 1.29 is 18.7 Å². The molecule has 0 bridgehead atoms. The Kier molecular flexibility index (Phi) is 6.61. The van der Waals surface area contributed by atoms with E-state index in [1.165, 1.54) is 24.3 Å². The van der Waals surface area contributed by atoms with Crippen molar-refractivity contribution in [2.45, 2.75) is 25.8 Å². The predicted molar refractivity (Wildman–Crippen MR) is 109 cm³/mol. The Balaban J connectivity index is 1.61. The molecule has 7 heteroatoms. The number of carbonyl (C=O) groups excluding carboxylic acids is 2. The molecule has 2 aromatic rings. The smallest absolute Gasteiger partial charge is 0.255 e. The molecule has 0 aliphatic carbocycles. The van der Waals surface area contributed by atoms with Gasteiger partial charge < -0.3 is 21.1 Å². The summed E-state index contributed by atoms with van der Waals surface area (Å²) < 4.78 is 18.3. The molecular formula is C22H26FN3O3. The summed E-state index contributed by atoms with van der Waals surface area (Å²) in [7, 11) is 0. The second-order valence-corrected chi connectivity index (χ2v) is 7.38. The Morgan fingerprint density at radius 1 is 1.10 bits per heavy atom. The maximum Gasteiger partial charge on any atom is 0.255 e. The number of rotatable bonds is 6. The van der Waals surface area contributed by atoms with Gasteiger partial charge in [0.15, 0.2) is 0 Å². The molecule has 0 spiro atoms. The highest BCUT2D eigenvalue weighted by atomic mass is 19.1. The maximum atomic E-state index is 13.0. The highest BCUT2D eigenvalue weighted by Crippen LogP contribution is 2.30. The number of hydrogen-bond donors (Lipinski definition) is 3. The number of nitrogens with two attached hydrogens (primary N) is 1. The van der Waals surface area contributed by atoms with Gasteiger partial charge in [0.25, 0.3) is 5.91 Å². The molecule has 1 aliphatic heterocycles. The Bertz CT molecular complexity index is 847. The van der Waals surface area contributed by atoms with Crippen LogP contribution in [0.25, 0.3) is 0 Å². The number of amides is 2. The van der Waals surface area contributed by atoms with Crippen molar-refractivity contribution in [1.82, 2.24) is 5.32 Å². The predicted octanol–water partition coefficient (Wildman–Crippen LogP) is 3.01. The molecule has 1 aliphatic rings. The average molecular weight is 399 g/mol. The van der Waals surface area contributed by atoms with Gasteiger partial charge in [-0.15, -0.1) is 0 Å². The first-order valence-electron chi connectivity index (χ1n) is 9.69. The van der Waals surface area contributed by atoms with Crippen molar-refractivity contribution >= 4 is 17.5 Å². The minimum atomic E-state index is -0.574. The quantitative estimate of drug-likeness (QED) is 0.696. The van der Waals surface area contributed by atoms with Crippen molar-refractivity contribution in [1.29, 1.82) is 0 Å². The van der Waals surface area contributed by atoms with Crippen LogP contribution in [-0.2, 0) is 9.53 Å². The standard InChI is InChI=1S/C22H26FN3O3/c1-15(25-21(28)22(14-24)10-12-29-13-11-22)16-4-8-19(9-5-16)26-20(27)17-2-6-18(23)7-3-17/h2-9,15H,10-14,24H2,1H3,(H,25,28)(H,26,27). The van der Waals surface area contributed by atoms with E-state index in [0.29, 0.717) is 43.9 Å². The lowest BCUT2D eigenvalue weighted by Crippen LogP contribution is -2.49. The highest BCUT2D eigenvalue weighted by Gasteiger charge is 2.39. The van der Waals surface area contributed by atoms with E-state index in [4.69, 9.17) is 10.5 Å².